The van der Waals surface area contributed by atoms with Gasteiger partial charge >= 0.3 is 0 Å². The van der Waals surface area contributed by atoms with Crippen LogP contribution in [0, 0.1) is 6.92 Å². The zero-order chi connectivity index (χ0) is 13.1. The number of amides is 1. The van der Waals surface area contributed by atoms with Crippen LogP contribution in [-0.4, -0.2) is 10.9 Å². The van der Waals surface area contributed by atoms with Crippen LogP contribution >= 0.6 is 11.6 Å². The molecule has 0 saturated heterocycles. The van der Waals surface area contributed by atoms with Crippen molar-refractivity contribution < 1.29 is 4.79 Å². The number of carbonyl (C=O) groups excluding carboxylic acids is 1. The van der Waals surface area contributed by atoms with Gasteiger partial charge in [-0.3, -0.25) is 4.79 Å². The zero-order valence-corrected chi connectivity index (χ0v) is 10.5. The van der Waals surface area contributed by atoms with Gasteiger partial charge in [-0.05, 0) is 36.8 Å². The van der Waals surface area contributed by atoms with Crippen molar-refractivity contribution in [1.82, 2.24) is 4.98 Å². The molecular weight excluding hydrogens is 250 g/mol. The third-order valence-corrected chi connectivity index (χ3v) is 2.67. The van der Waals surface area contributed by atoms with Crippen LogP contribution in [0.5, 0.6) is 0 Å². The van der Waals surface area contributed by atoms with Crippen LogP contribution in [0.3, 0.4) is 0 Å². The molecule has 3 N–H and O–H groups in total. The molecule has 4 nitrogen and oxygen atoms in total. The minimum atomic E-state index is -0.255. The molecule has 0 aliphatic heterocycles. The van der Waals surface area contributed by atoms with Gasteiger partial charge in [-0.25, -0.2) is 4.98 Å². The molecule has 2 aromatic rings. The second-order valence-electron chi connectivity index (χ2n) is 3.87. The van der Waals surface area contributed by atoms with E-state index in [4.69, 9.17) is 17.3 Å². The topological polar surface area (TPSA) is 68.0 Å². The fourth-order valence-corrected chi connectivity index (χ4v) is 1.71. The Balaban J connectivity index is 2.24. The van der Waals surface area contributed by atoms with Crippen molar-refractivity contribution in [3.63, 3.8) is 0 Å². The minimum Gasteiger partial charge on any atom is -0.399 e. The van der Waals surface area contributed by atoms with Gasteiger partial charge in [-0.2, -0.15) is 0 Å². The number of hydrogen-bond donors (Lipinski definition) is 2. The van der Waals surface area contributed by atoms with Crippen molar-refractivity contribution in [2.24, 2.45) is 0 Å². The number of aromatic nitrogens is 1. The van der Waals surface area contributed by atoms with Gasteiger partial charge in [0.15, 0.2) is 0 Å². The average Bonchev–Trinajstić information content (AvgIpc) is 2.32. The van der Waals surface area contributed by atoms with Gasteiger partial charge < -0.3 is 11.1 Å². The summed E-state index contributed by atoms with van der Waals surface area (Å²) in [5.41, 5.74) is 7.59. The molecular formula is C13H12ClN3O. The van der Waals surface area contributed by atoms with Crippen LogP contribution in [0.2, 0.25) is 5.15 Å². The highest BCUT2D eigenvalue weighted by molar-refractivity contribution is 6.29. The molecule has 0 aliphatic carbocycles. The number of nitrogens with two attached hydrogens (primary N) is 1. The maximum atomic E-state index is 12.0. The number of nitrogens with zero attached hydrogens (tertiary/aromatic N) is 1. The van der Waals surface area contributed by atoms with E-state index in [1.807, 2.05) is 6.92 Å². The Labute approximate surface area is 110 Å². The summed E-state index contributed by atoms with van der Waals surface area (Å²) in [6.07, 6.45) is 0. The van der Waals surface area contributed by atoms with Crippen LogP contribution in [-0.2, 0) is 0 Å². The molecule has 0 spiro atoms. The first-order chi connectivity index (χ1) is 8.56. The Kier molecular flexibility index (Phi) is 3.48. The van der Waals surface area contributed by atoms with Crippen LogP contribution in [0.4, 0.5) is 11.5 Å². The molecule has 18 heavy (non-hydrogen) atoms. The van der Waals surface area contributed by atoms with E-state index in [1.54, 1.807) is 36.4 Å². The number of benzene rings is 1. The number of aryl methyl sites for hydroxylation is 1. The molecule has 0 bridgehead atoms. The number of rotatable bonds is 2. The second-order valence-corrected chi connectivity index (χ2v) is 4.26. The Morgan fingerprint density at radius 2 is 2.11 bits per heavy atom. The monoisotopic (exact) mass is 261 g/mol. The SMILES string of the molecule is Cc1ccc(N)cc1C(=O)Nc1cccc(Cl)n1. The molecule has 5 heteroatoms. The number of nitrogens with one attached hydrogen (secondary N) is 1. The molecule has 1 aromatic carbocycles. The van der Waals surface area contributed by atoms with Crippen molar-refractivity contribution >= 4 is 29.0 Å². The van der Waals surface area contributed by atoms with Crippen molar-refractivity contribution in [1.29, 1.82) is 0 Å². The van der Waals surface area contributed by atoms with Gasteiger partial charge in [0.25, 0.3) is 5.91 Å². The van der Waals surface area contributed by atoms with Crippen molar-refractivity contribution in [2.75, 3.05) is 11.1 Å². The fourth-order valence-electron chi connectivity index (χ4n) is 1.55. The molecule has 0 aliphatic rings. The standard InChI is InChI=1S/C13H12ClN3O/c1-8-5-6-9(15)7-10(8)13(18)17-12-4-2-3-11(14)16-12/h2-7H,15H2,1H3,(H,16,17,18). The lowest BCUT2D eigenvalue weighted by Crippen LogP contribution is -2.14. The molecule has 0 saturated carbocycles. The predicted molar refractivity (Wildman–Crippen MR) is 72.8 cm³/mol. The van der Waals surface area contributed by atoms with E-state index in [1.165, 1.54) is 0 Å². The quantitative estimate of drug-likeness (QED) is 0.645. The first-order valence-electron chi connectivity index (χ1n) is 5.36. The van der Waals surface area contributed by atoms with Crippen LogP contribution < -0.4 is 11.1 Å². The predicted octanol–water partition coefficient (Wildman–Crippen LogP) is 2.88. The van der Waals surface area contributed by atoms with Gasteiger partial charge in [0.2, 0.25) is 0 Å². The maximum Gasteiger partial charge on any atom is 0.257 e. The Morgan fingerprint density at radius 3 is 2.83 bits per heavy atom. The summed E-state index contributed by atoms with van der Waals surface area (Å²) in [4.78, 5) is 16.0. The summed E-state index contributed by atoms with van der Waals surface area (Å²) in [5.74, 6) is 0.156. The summed E-state index contributed by atoms with van der Waals surface area (Å²) in [6.45, 7) is 1.85. The van der Waals surface area contributed by atoms with E-state index in [0.717, 1.165) is 5.56 Å². The van der Waals surface area contributed by atoms with E-state index in [2.05, 4.69) is 10.3 Å². The Bertz CT molecular complexity index is 599. The van der Waals surface area contributed by atoms with Crippen molar-refractivity contribution in [3.05, 3.63) is 52.7 Å². The maximum absolute atomic E-state index is 12.0. The van der Waals surface area contributed by atoms with E-state index < -0.39 is 0 Å². The van der Waals surface area contributed by atoms with Crippen molar-refractivity contribution in [2.45, 2.75) is 6.92 Å². The fraction of sp³-hybridized carbons (Fsp3) is 0.0769. The smallest absolute Gasteiger partial charge is 0.257 e. The minimum absolute atomic E-state index is 0.255. The zero-order valence-electron chi connectivity index (χ0n) is 9.77. The van der Waals surface area contributed by atoms with Gasteiger partial charge in [0, 0.05) is 11.3 Å². The molecule has 0 unspecified atom stereocenters. The number of nitrogen functional groups attached to an aromatic ring is 1. The molecule has 1 amide bonds. The van der Waals surface area contributed by atoms with E-state index >= 15 is 0 Å². The molecule has 1 heterocycles. The highest BCUT2D eigenvalue weighted by Crippen LogP contribution is 2.15. The van der Waals surface area contributed by atoms with Gasteiger partial charge in [0.1, 0.15) is 11.0 Å². The molecule has 0 fully saturated rings. The second kappa shape index (κ2) is 5.06. The highest BCUT2D eigenvalue weighted by atomic mass is 35.5. The van der Waals surface area contributed by atoms with E-state index in [-0.39, 0.29) is 5.91 Å². The summed E-state index contributed by atoms with van der Waals surface area (Å²) in [7, 11) is 0. The largest absolute Gasteiger partial charge is 0.399 e. The Hall–Kier alpha value is -2.07. The molecule has 2 rings (SSSR count). The molecule has 0 radical (unpaired) electrons. The summed E-state index contributed by atoms with van der Waals surface area (Å²) in [6, 6.07) is 10.2. The number of hydrogen-bond acceptors (Lipinski definition) is 3. The van der Waals surface area contributed by atoms with Crippen LogP contribution in [0.25, 0.3) is 0 Å². The van der Waals surface area contributed by atoms with Gasteiger partial charge in [-0.1, -0.05) is 23.7 Å². The average molecular weight is 262 g/mol. The number of carbonyl (C=O) groups is 1. The van der Waals surface area contributed by atoms with Crippen molar-refractivity contribution in [3.8, 4) is 0 Å². The number of anilines is 2. The third kappa shape index (κ3) is 2.78. The Morgan fingerprint density at radius 1 is 1.33 bits per heavy atom. The molecule has 1 aromatic heterocycles. The van der Waals surface area contributed by atoms with Crippen LogP contribution in [0.15, 0.2) is 36.4 Å². The summed E-state index contributed by atoms with van der Waals surface area (Å²) < 4.78 is 0. The highest BCUT2D eigenvalue weighted by Gasteiger charge is 2.10. The number of pyridine rings is 1. The normalized spacial score (nSPS) is 10.1. The van der Waals surface area contributed by atoms with Gasteiger partial charge in [0.05, 0.1) is 0 Å². The third-order valence-electron chi connectivity index (χ3n) is 2.46. The van der Waals surface area contributed by atoms with Crippen LogP contribution in [0.1, 0.15) is 15.9 Å². The van der Waals surface area contributed by atoms with Gasteiger partial charge in [-0.15, -0.1) is 0 Å². The summed E-state index contributed by atoms with van der Waals surface area (Å²) in [5, 5.41) is 3.01. The first kappa shape index (κ1) is 12.4. The lowest BCUT2D eigenvalue weighted by Gasteiger charge is -2.08. The molecule has 0 atom stereocenters. The number of halogens is 1. The summed E-state index contributed by atoms with van der Waals surface area (Å²) >= 11 is 5.75. The van der Waals surface area contributed by atoms with E-state index in [0.29, 0.717) is 22.2 Å². The first-order valence-corrected chi connectivity index (χ1v) is 5.74. The lowest BCUT2D eigenvalue weighted by atomic mass is 10.1. The molecule has 92 valence electrons. The lowest BCUT2D eigenvalue weighted by molar-refractivity contribution is 0.102. The van der Waals surface area contributed by atoms with E-state index in [9.17, 15) is 4.79 Å².